The highest BCUT2D eigenvalue weighted by atomic mass is 19.1. The van der Waals surface area contributed by atoms with E-state index in [1.54, 1.807) is 0 Å². The highest BCUT2D eigenvalue weighted by molar-refractivity contribution is 5.22. The highest BCUT2D eigenvalue weighted by Crippen LogP contribution is 2.49. The Balaban J connectivity index is 1.63. The fourth-order valence-corrected chi connectivity index (χ4v) is 3.15. The molecule has 1 atom stereocenters. The van der Waals surface area contributed by atoms with Gasteiger partial charge in [0.1, 0.15) is 11.6 Å². The summed E-state index contributed by atoms with van der Waals surface area (Å²) < 4.78 is 26.8. The molecule has 20 heavy (non-hydrogen) atoms. The van der Waals surface area contributed by atoms with Gasteiger partial charge >= 0.3 is 0 Å². The molecule has 0 amide bonds. The maximum absolute atomic E-state index is 13.8. The van der Waals surface area contributed by atoms with Crippen molar-refractivity contribution in [1.82, 2.24) is 5.32 Å². The van der Waals surface area contributed by atoms with Crippen LogP contribution in [0.4, 0.5) is 8.78 Å². The van der Waals surface area contributed by atoms with E-state index in [4.69, 9.17) is 5.73 Å². The molecular weight excluding hydrogens is 258 g/mol. The zero-order chi connectivity index (χ0) is 14.1. The Morgan fingerprint density at radius 3 is 2.30 bits per heavy atom. The quantitative estimate of drug-likeness (QED) is 0.806. The van der Waals surface area contributed by atoms with E-state index in [0.717, 1.165) is 24.4 Å². The minimum atomic E-state index is -0.546. The summed E-state index contributed by atoms with van der Waals surface area (Å²) >= 11 is 0. The Bertz CT molecular complexity index is 458. The first kappa shape index (κ1) is 14.0. The normalized spacial score (nSPS) is 20.4. The van der Waals surface area contributed by atoms with Gasteiger partial charge in [-0.3, -0.25) is 0 Å². The van der Waals surface area contributed by atoms with Crippen LogP contribution in [0.25, 0.3) is 0 Å². The summed E-state index contributed by atoms with van der Waals surface area (Å²) in [6, 6.07) is 3.50. The Morgan fingerprint density at radius 1 is 1.15 bits per heavy atom. The van der Waals surface area contributed by atoms with Gasteiger partial charge in [-0.1, -0.05) is 6.07 Å². The lowest BCUT2D eigenvalue weighted by atomic mass is 9.96. The van der Waals surface area contributed by atoms with Gasteiger partial charge in [-0.2, -0.15) is 0 Å². The van der Waals surface area contributed by atoms with Gasteiger partial charge in [0.15, 0.2) is 0 Å². The van der Waals surface area contributed by atoms with Gasteiger partial charge < -0.3 is 11.1 Å². The van der Waals surface area contributed by atoms with Crippen molar-refractivity contribution < 1.29 is 8.78 Å². The predicted molar refractivity (Wildman–Crippen MR) is 75.1 cm³/mol. The molecular formula is C16H22F2N2. The topological polar surface area (TPSA) is 38.0 Å². The van der Waals surface area contributed by atoms with Crippen LogP contribution >= 0.6 is 0 Å². The molecule has 1 unspecified atom stereocenters. The van der Waals surface area contributed by atoms with E-state index in [1.807, 2.05) is 0 Å². The number of benzene rings is 1. The average molecular weight is 280 g/mol. The van der Waals surface area contributed by atoms with Gasteiger partial charge in [0.25, 0.3) is 0 Å². The standard InChI is InChI=1S/C16H22F2N2/c17-12-5-6-13(15(18)7-12)16(8-19)20-9-14(10-1-2-10)11-3-4-11/h5-7,10-11,14,16,20H,1-4,8-9,19H2. The van der Waals surface area contributed by atoms with Crippen molar-refractivity contribution in [2.75, 3.05) is 13.1 Å². The first-order valence-corrected chi connectivity index (χ1v) is 7.57. The molecule has 2 fully saturated rings. The molecule has 0 aromatic heterocycles. The SMILES string of the molecule is NCC(NCC(C1CC1)C1CC1)c1ccc(F)cc1F. The van der Waals surface area contributed by atoms with Crippen LogP contribution in [0.2, 0.25) is 0 Å². The van der Waals surface area contributed by atoms with E-state index in [-0.39, 0.29) is 6.04 Å². The lowest BCUT2D eigenvalue weighted by Gasteiger charge is -2.22. The summed E-state index contributed by atoms with van der Waals surface area (Å²) in [5, 5.41) is 3.40. The number of nitrogens with two attached hydrogens (primary N) is 1. The van der Waals surface area contributed by atoms with Crippen LogP contribution in [0.5, 0.6) is 0 Å². The van der Waals surface area contributed by atoms with Gasteiger partial charge in [-0.05, 0) is 56.0 Å². The maximum atomic E-state index is 13.8. The largest absolute Gasteiger partial charge is 0.329 e. The van der Waals surface area contributed by atoms with E-state index in [2.05, 4.69) is 5.32 Å². The summed E-state index contributed by atoms with van der Waals surface area (Å²) in [5.41, 5.74) is 6.23. The second kappa shape index (κ2) is 5.78. The molecule has 4 heteroatoms. The lowest BCUT2D eigenvalue weighted by molar-refractivity contribution is 0.354. The van der Waals surface area contributed by atoms with Crippen LogP contribution in [-0.2, 0) is 0 Å². The molecule has 0 saturated heterocycles. The maximum Gasteiger partial charge on any atom is 0.130 e. The zero-order valence-corrected chi connectivity index (χ0v) is 11.6. The molecule has 3 N–H and O–H groups in total. The lowest BCUT2D eigenvalue weighted by Crippen LogP contribution is -2.34. The molecule has 1 aromatic rings. The number of hydrogen-bond donors (Lipinski definition) is 2. The monoisotopic (exact) mass is 280 g/mol. The molecule has 3 rings (SSSR count). The molecule has 0 bridgehead atoms. The number of halogens is 2. The van der Waals surface area contributed by atoms with E-state index in [1.165, 1.54) is 37.8 Å². The first-order chi connectivity index (χ1) is 9.69. The molecule has 110 valence electrons. The van der Waals surface area contributed by atoms with Gasteiger partial charge in [0.2, 0.25) is 0 Å². The van der Waals surface area contributed by atoms with Gasteiger partial charge in [0, 0.05) is 24.2 Å². The van der Waals surface area contributed by atoms with E-state index >= 15 is 0 Å². The third-order valence-electron chi connectivity index (χ3n) is 4.63. The Kier molecular flexibility index (Phi) is 4.03. The third-order valence-corrected chi connectivity index (χ3v) is 4.63. The zero-order valence-electron chi connectivity index (χ0n) is 11.6. The van der Waals surface area contributed by atoms with Crippen molar-refractivity contribution in [1.29, 1.82) is 0 Å². The van der Waals surface area contributed by atoms with Crippen LogP contribution in [0, 0.1) is 29.4 Å². The van der Waals surface area contributed by atoms with Crippen LogP contribution in [0.15, 0.2) is 18.2 Å². The second-order valence-corrected chi connectivity index (χ2v) is 6.20. The van der Waals surface area contributed by atoms with E-state index < -0.39 is 11.6 Å². The molecule has 2 nitrogen and oxygen atoms in total. The van der Waals surface area contributed by atoms with Crippen molar-refractivity contribution in [2.45, 2.75) is 31.7 Å². The molecule has 1 aromatic carbocycles. The third kappa shape index (κ3) is 3.18. The minimum absolute atomic E-state index is 0.226. The van der Waals surface area contributed by atoms with Crippen LogP contribution in [0.3, 0.4) is 0 Å². The highest BCUT2D eigenvalue weighted by Gasteiger charge is 2.41. The van der Waals surface area contributed by atoms with Gasteiger partial charge in [0.05, 0.1) is 0 Å². The van der Waals surface area contributed by atoms with E-state index in [0.29, 0.717) is 18.0 Å². The molecule has 2 aliphatic carbocycles. The second-order valence-electron chi connectivity index (χ2n) is 6.20. The summed E-state index contributed by atoms with van der Waals surface area (Å²) in [6.07, 6.45) is 5.34. The molecule has 2 saturated carbocycles. The number of hydrogen-bond acceptors (Lipinski definition) is 2. The van der Waals surface area contributed by atoms with Gasteiger partial charge in [-0.15, -0.1) is 0 Å². The Hall–Kier alpha value is -1.00. The Labute approximate surface area is 118 Å². The summed E-state index contributed by atoms with van der Waals surface area (Å²) in [4.78, 5) is 0. The van der Waals surface area contributed by atoms with Crippen LogP contribution < -0.4 is 11.1 Å². The summed E-state index contributed by atoms with van der Waals surface area (Å²) in [6.45, 7) is 1.22. The molecule has 0 radical (unpaired) electrons. The van der Waals surface area contributed by atoms with Crippen LogP contribution in [-0.4, -0.2) is 13.1 Å². The predicted octanol–water partition coefficient (Wildman–Crippen LogP) is 2.99. The van der Waals surface area contributed by atoms with Crippen molar-refractivity contribution in [3.8, 4) is 0 Å². The minimum Gasteiger partial charge on any atom is -0.329 e. The van der Waals surface area contributed by atoms with Crippen molar-refractivity contribution in [2.24, 2.45) is 23.5 Å². The van der Waals surface area contributed by atoms with E-state index in [9.17, 15) is 8.78 Å². The van der Waals surface area contributed by atoms with Gasteiger partial charge in [-0.25, -0.2) is 8.78 Å². The smallest absolute Gasteiger partial charge is 0.130 e. The summed E-state index contributed by atoms with van der Waals surface area (Å²) in [5.74, 6) is 1.36. The molecule has 2 aliphatic rings. The Morgan fingerprint density at radius 2 is 1.80 bits per heavy atom. The average Bonchev–Trinajstić information content (AvgIpc) is 3.28. The fraction of sp³-hybridized carbons (Fsp3) is 0.625. The number of nitrogens with one attached hydrogen (secondary N) is 1. The molecule has 0 spiro atoms. The van der Waals surface area contributed by atoms with Crippen LogP contribution in [0.1, 0.15) is 37.3 Å². The van der Waals surface area contributed by atoms with Crippen molar-refractivity contribution in [3.05, 3.63) is 35.4 Å². The summed E-state index contributed by atoms with van der Waals surface area (Å²) in [7, 11) is 0. The first-order valence-electron chi connectivity index (χ1n) is 7.57. The fourth-order valence-electron chi connectivity index (χ4n) is 3.15. The molecule has 0 heterocycles. The number of rotatable bonds is 7. The molecule has 0 aliphatic heterocycles. The van der Waals surface area contributed by atoms with Crippen molar-refractivity contribution in [3.63, 3.8) is 0 Å². The van der Waals surface area contributed by atoms with Crippen molar-refractivity contribution >= 4 is 0 Å².